The maximum atomic E-state index is 11.6. The number of carbonyl (C=O) groups is 1. The Morgan fingerprint density at radius 3 is 2.95 bits per heavy atom. The van der Waals surface area contributed by atoms with Crippen LogP contribution in [0.15, 0.2) is 30.6 Å². The third-order valence-electron chi connectivity index (χ3n) is 2.92. The lowest BCUT2D eigenvalue weighted by atomic mass is 10.1. The van der Waals surface area contributed by atoms with E-state index in [-0.39, 0.29) is 5.91 Å². The maximum Gasteiger partial charge on any atom is 0.223 e. The quantitative estimate of drug-likeness (QED) is 0.847. The van der Waals surface area contributed by atoms with Crippen LogP contribution in [0, 0.1) is 13.8 Å². The van der Waals surface area contributed by atoms with Crippen molar-refractivity contribution in [3.8, 4) is 5.75 Å². The van der Waals surface area contributed by atoms with Crippen LogP contribution in [0.25, 0.3) is 0 Å². The fourth-order valence-corrected chi connectivity index (χ4v) is 1.88. The predicted molar refractivity (Wildman–Crippen MR) is 76.5 cm³/mol. The molecule has 0 spiro atoms. The molecule has 0 atom stereocenters. The molecule has 0 saturated heterocycles. The number of ether oxygens (including phenoxy) is 1. The molecule has 0 unspecified atom stereocenters. The van der Waals surface area contributed by atoms with E-state index in [2.05, 4.69) is 21.4 Å². The van der Waals surface area contributed by atoms with Gasteiger partial charge in [0, 0.05) is 12.4 Å². The first kappa shape index (κ1) is 14.1. The molecule has 1 amide bonds. The van der Waals surface area contributed by atoms with Crippen molar-refractivity contribution in [2.75, 3.05) is 6.61 Å². The Morgan fingerprint density at radius 1 is 1.40 bits per heavy atom. The van der Waals surface area contributed by atoms with Gasteiger partial charge < -0.3 is 15.0 Å². The second-order valence-electron chi connectivity index (χ2n) is 4.68. The monoisotopic (exact) mass is 273 g/mol. The van der Waals surface area contributed by atoms with Crippen molar-refractivity contribution >= 4 is 5.91 Å². The van der Waals surface area contributed by atoms with Gasteiger partial charge in [-0.25, -0.2) is 4.98 Å². The van der Waals surface area contributed by atoms with E-state index in [1.165, 1.54) is 5.56 Å². The molecule has 2 rings (SSSR count). The summed E-state index contributed by atoms with van der Waals surface area (Å²) >= 11 is 0. The van der Waals surface area contributed by atoms with Crippen LogP contribution in [0.2, 0.25) is 0 Å². The number of hydrogen-bond donors (Lipinski definition) is 2. The lowest BCUT2D eigenvalue weighted by Crippen LogP contribution is -2.25. The van der Waals surface area contributed by atoms with Gasteiger partial charge >= 0.3 is 0 Å². The van der Waals surface area contributed by atoms with Crippen LogP contribution >= 0.6 is 0 Å². The van der Waals surface area contributed by atoms with E-state index in [1.807, 2.05) is 26.0 Å². The van der Waals surface area contributed by atoms with E-state index in [4.69, 9.17) is 4.74 Å². The molecular weight excluding hydrogens is 254 g/mol. The number of hydrogen-bond acceptors (Lipinski definition) is 3. The average molecular weight is 273 g/mol. The Bertz CT molecular complexity index is 565. The molecule has 2 N–H and O–H groups in total. The fraction of sp³-hybridized carbons (Fsp3) is 0.333. The van der Waals surface area contributed by atoms with E-state index in [0.29, 0.717) is 19.6 Å². The van der Waals surface area contributed by atoms with Crippen LogP contribution in [-0.2, 0) is 11.3 Å². The second kappa shape index (κ2) is 6.75. The van der Waals surface area contributed by atoms with Crippen LogP contribution in [0.3, 0.4) is 0 Å². The largest absolute Gasteiger partial charge is 0.493 e. The van der Waals surface area contributed by atoms with Crippen LogP contribution in [0.4, 0.5) is 0 Å². The van der Waals surface area contributed by atoms with Crippen molar-refractivity contribution in [1.29, 1.82) is 0 Å². The highest BCUT2D eigenvalue weighted by Crippen LogP contribution is 2.18. The Balaban J connectivity index is 1.71. The molecule has 5 heteroatoms. The molecule has 20 heavy (non-hydrogen) atoms. The molecular formula is C15H19N3O2. The number of aryl methyl sites for hydroxylation is 2. The topological polar surface area (TPSA) is 67.0 Å². The van der Waals surface area contributed by atoms with Crippen LogP contribution in [0.1, 0.15) is 23.4 Å². The average Bonchev–Trinajstić information content (AvgIpc) is 2.92. The molecule has 0 bridgehead atoms. The van der Waals surface area contributed by atoms with E-state index < -0.39 is 0 Å². The summed E-state index contributed by atoms with van der Waals surface area (Å²) in [5.74, 6) is 1.52. The molecule has 5 nitrogen and oxygen atoms in total. The lowest BCUT2D eigenvalue weighted by Gasteiger charge is -2.09. The number of aromatic amines is 1. The zero-order valence-electron chi connectivity index (χ0n) is 11.8. The molecule has 0 fully saturated rings. The highest BCUT2D eigenvalue weighted by molar-refractivity contribution is 5.75. The zero-order valence-corrected chi connectivity index (χ0v) is 11.8. The van der Waals surface area contributed by atoms with Crippen LogP contribution < -0.4 is 10.1 Å². The molecule has 2 aromatic rings. The summed E-state index contributed by atoms with van der Waals surface area (Å²) in [6.45, 7) is 4.82. The molecule has 0 saturated carbocycles. The van der Waals surface area contributed by atoms with Crippen molar-refractivity contribution in [2.24, 2.45) is 0 Å². The molecule has 0 radical (unpaired) electrons. The number of benzene rings is 1. The van der Waals surface area contributed by atoms with Crippen molar-refractivity contribution in [3.05, 3.63) is 47.5 Å². The molecule has 1 aromatic carbocycles. The molecule has 0 aliphatic heterocycles. The first-order valence-corrected chi connectivity index (χ1v) is 6.60. The summed E-state index contributed by atoms with van der Waals surface area (Å²) in [5.41, 5.74) is 2.28. The van der Waals surface area contributed by atoms with Crippen molar-refractivity contribution in [2.45, 2.75) is 26.8 Å². The Kier molecular flexibility index (Phi) is 4.76. The molecule has 1 heterocycles. The van der Waals surface area contributed by atoms with Gasteiger partial charge in [-0.3, -0.25) is 4.79 Å². The van der Waals surface area contributed by atoms with Gasteiger partial charge in [0.05, 0.1) is 19.6 Å². The van der Waals surface area contributed by atoms with Gasteiger partial charge in [0.1, 0.15) is 11.6 Å². The van der Waals surface area contributed by atoms with E-state index in [0.717, 1.165) is 17.1 Å². The minimum atomic E-state index is -0.0498. The lowest BCUT2D eigenvalue weighted by molar-refractivity contribution is -0.121. The zero-order chi connectivity index (χ0) is 14.4. The Labute approximate surface area is 118 Å². The number of nitrogens with zero attached hydrogens (tertiary/aromatic N) is 1. The highest BCUT2D eigenvalue weighted by Gasteiger charge is 2.04. The van der Waals surface area contributed by atoms with Crippen molar-refractivity contribution in [3.63, 3.8) is 0 Å². The molecule has 1 aromatic heterocycles. The number of nitrogens with one attached hydrogen (secondary N) is 2. The van der Waals surface area contributed by atoms with Gasteiger partial charge in [0.2, 0.25) is 5.91 Å². The van der Waals surface area contributed by atoms with Gasteiger partial charge in [0.15, 0.2) is 0 Å². The number of H-pyrrole nitrogens is 1. The van der Waals surface area contributed by atoms with E-state index >= 15 is 0 Å². The predicted octanol–water partition coefficient (Wildman–Crippen LogP) is 2.11. The van der Waals surface area contributed by atoms with Gasteiger partial charge in [-0.05, 0) is 25.5 Å². The number of amides is 1. The maximum absolute atomic E-state index is 11.6. The normalized spacial score (nSPS) is 10.3. The summed E-state index contributed by atoms with van der Waals surface area (Å²) in [4.78, 5) is 18.6. The molecule has 0 aliphatic rings. The van der Waals surface area contributed by atoms with Gasteiger partial charge in [-0.1, -0.05) is 17.7 Å². The van der Waals surface area contributed by atoms with Gasteiger partial charge in [-0.15, -0.1) is 0 Å². The first-order valence-electron chi connectivity index (χ1n) is 6.60. The third-order valence-corrected chi connectivity index (χ3v) is 2.92. The summed E-state index contributed by atoms with van der Waals surface area (Å²) < 4.78 is 5.62. The summed E-state index contributed by atoms with van der Waals surface area (Å²) in [6, 6.07) is 6.00. The van der Waals surface area contributed by atoms with Crippen LogP contribution in [0.5, 0.6) is 5.75 Å². The van der Waals surface area contributed by atoms with Gasteiger partial charge in [-0.2, -0.15) is 0 Å². The summed E-state index contributed by atoms with van der Waals surface area (Å²) in [7, 11) is 0. The number of aromatic nitrogens is 2. The standard InChI is InChI=1S/C15H19N3O2/c1-11-3-4-13(12(2)9-11)20-8-5-15(19)18-10-14-16-6-7-17-14/h3-4,6-7,9H,5,8,10H2,1-2H3,(H,16,17)(H,18,19). The number of rotatable bonds is 6. The van der Waals surface area contributed by atoms with E-state index in [9.17, 15) is 4.79 Å². The SMILES string of the molecule is Cc1ccc(OCCC(=O)NCc2ncc[nH]2)c(C)c1. The number of imidazole rings is 1. The fourth-order valence-electron chi connectivity index (χ4n) is 1.88. The molecule has 0 aliphatic carbocycles. The van der Waals surface area contributed by atoms with Crippen molar-refractivity contribution < 1.29 is 9.53 Å². The minimum Gasteiger partial charge on any atom is -0.493 e. The molecule has 106 valence electrons. The summed E-state index contributed by atoms with van der Waals surface area (Å²) in [6.07, 6.45) is 3.71. The summed E-state index contributed by atoms with van der Waals surface area (Å²) in [5, 5.41) is 2.78. The van der Waals surface area contributed by atoms with Crippen molar-refractivity contribution in [1.82, 2.24) is 15.3 Å². The minimum absolute atomic E-state index is 0.0498. The Hall–Kier alpha value is -2.30. The van der Waals surface area contributed by atoms with Gasteiger partial charge in [0.25, 0.3) is 0 Å². The van der Waals surface area contributed by atoms with E-state index in [1.54, 1.807) is 12.4 Å². The van der Waals surface area contributed by atoms with Crippen LogP contribution in [-0.4, -0.2) is 22.5 Å². The third kappa shape index (κ3) is 4.12. The Morgan fingerprint density at radius 2 is 2.25 bits per heavy atom. The highest BCUT2D eigenvalue weighted by atomic mass is 16.5. The number of carbonyl (C=O) groups excluding carboxylic acids is 1. The first-order chi connectivity index (χ1) is 9.65. The second-order valence-corrected chi connectivity index (χ2v) is 4.68. The smallest absolute Gasteiger partial charge is 0.223 e.